The second kappa shape index (κ2) is 8.69. The quantitative estimate of drug-likeness (QED) is 0.621. The molecule has 0 aliphatic carbocycles. The van der Waals surface area contributed by atoms with Crippen molar-refractivity contribution < 1.29 is 14.3 Å². The van der Waals surface area contributed by atoms with Crippen molar-refractivity contribution in [2.45, 2.75) is 6.54 Å². The number of carbonyl (C=O) groups excluding carboxylic acids is 2. The molecule has 0 unspecified atom stereocenters. The van der Waals surface area contributed by atoms with Gasteiger partial charge in [0.15, 0.2) is 0 Å². The minimum absolute atomic E-state index is 0.0783. The smallest absolute Gasteiger partial charge is 0.407 e. The van der Waals surface area contributed by atoms with E-state index in [1.54, 1.807) is 0 Å². The molecule has 1 heterocycles. The summed E-state index contributed by atoms with van der Waals surface area (Å²) in [4.78, 5) is 24.3. The molecule has 0 spiro atoms. The molecule has 0 radical (unpaired) electrons. The summed E-state index contributed by atoms with van der Waals surface area (Å²) >= 11 is 7.61. The fraction of sp³-hybridized carbons (Fsp3) is 0.158. The topological polar surface area (TPSA) is 67.4 Å². The van der Waals surface area contributed by atoms with Crippen LogP contribution in [0.5, 0.6) is 0 Å². The Kier molecular flexibility index (Phi) is 6.09. The van der Waals surface area contributed by atoms with Crippen LogP contribution in [0.1, 0.15) is 15.2 Å². The maximum Gasteiger partial charge on any atom is 0.407 e. The van der Waals surface area contributed by atoms with E-state index in [4.69, 9.17) is 16.3 Å². The lowest BCUT2D eigenvalue weighted by molar-refractivity contribution is 0.0938. The summed E-state index contributed by atoms with van der Waals surface area (Å²) in [5, 5.41) is 6.68. The van der Waals surface area contributed by atoms with Crippen molar-refractivity contribution in [3.05, 3.63) is 70.1 Å². The van der Waals surface area contributed by atoms with E-state index >= 15 is 0 Å². The van der Waals surface area contributed by atoms with Gasteiger partial charge < -0.3 is 15.4 Å². The van der Waals surface area contributed by atoms with Crippen molar-refractivity contribution in [3.63, 3.8) is 0 Å². The number of hydrogen-bond acceptors (Lipinski definition) is 4. The van der Waals surface area contributed by atoms with Crippen molar-refractivity contribution in [3.8, 4) is 0 Å². The number of ether oxygens (including phenoxy) is 1. The third kappa shape index (κ3) is 4.53. The lowest BCUT2D eigenvalue weighted by Gasteiger charge is -2.08. The number of halogens is 1. The minimum Gasteiger partial charge on any atom is -0.448 e. The first-order valence-corrected chi connectivity index (χ1v) is 9.24. The number of nitrogens with one attached hydrogen (secondary N) is 2. The van der Waals surface area contributed by atoms with Crippen LogP contribution in [-0.4, -0.2) is 25.2 Å². The number of benzene rings is 2. The van der Waals surface area contributed by atoms with Crippen LogP contribution >= 0.6 is 22.9 Å². The summed E-state index contributed by atoms with van der Waals surface area (Å²) in [6.07, 6.45) is -0.525. The molecule has 2 N–H and O–H groups in total. The van der Waals surface area contributed by atoms with E-state index in [1.165, 1.54) is 11.3 Å². The van der Waals surface area contributed by atoms with E-state index in [0.29, 0.717) is 16.4 Å². The molecule has 2 aromatic carbocycles. The highest BCUT2D eigenvalue weighted by Crippen LogP contribution is 2.34. The van der Waals surface area contributed by atoms with Gasteiger partial charge in [0, 0.05) is 16.6 Å². The van der Waals surface area contributed by atoms with E-state index in [9.17, 15) is 9.59 Å². The van der Waals surface area contributed by atoms with E-state index in [0.717, 1.165) is 15.6 Å². The van der Waals surface area contributed by atoms with E-state index < -0.39 is 6.09 Å². The van der Waals surface area contributed by atoms with Crippen LogP contribution < -0.4 is 10.6 Å². The maximum absolute atomic E-state index is 12.2. The molecule has 2 amide bonds. The van der Waals surface area contributed by atoms with Crippen molar-refractivity contribution in [2.24, 2.45) is 0 Å². The van der Waals surface area contributed by atoms with E-state index in [-0.39, 0.29) is 19.1 Å². The van der Waals surface area contributed by atoms with Gasteiger partial charge in [-0.1, -0.05) is 60.1 Å². The number of amides is 2. The summed E-state index contributed by atoms with van der Waals surface area (Å²) in [5.41, 5.74) is 0.983. The highest BCUT2D eigenvalue weighted by atomic mass is 35.5. The van der Waals surface area contributed by atoms with E-state index in [2.05, 4.69) is 10.6 Å². The van der Waals surface area contributed by atoms with Crippen molar-refractivity contribution in [1.82, 2.24) is 10.6 Å². The van der Waals surface area contributed by atoms with Crippen LogP contribution in [0, 0.1) is 0 Å². The number of rotatable bonds is 6. The standard InChI is InChI=1S/C19H17ClN2O3S/c20-16-14-8-4-5-9-15(14)26-17(16)18(23)21-10-11-25-19(24)22-12-13-6-2-1-3-7-13/h1-9H,10-12H2,(H,21,23)(H,22,24). The zero-order valence-corrected chi connectivity index (χ0v) is 15.4. The Labute approximate surface area is 159 Å². The molecule has 0 saturated heterocycles. The third-order valence-electron chi connectivity index (χ3n) is 3.64. The fourth-order valence-electron chi connectivity index (χ4n) is 2.37. The summed E-state index contributed by atoms with van der Waals surface area (Å²) in [6, 6.07) is 17.1. The first kappa shape index (κ1) is 18.2. The zero-order chi connectivity index (χ0) is 18.4. The molecule has 0 bridgehead atoms. The van der Waals surface area contributed by atoms with Crippen LogP contribution in [0.25, 0.3) is 10.1 Å². The van der Waals surface area contributed by atoms with Gasteiger partial charge in [-0.2, -0.15) is 0 Å². The number of fused-ring (bicyclic) bond motifs is 1. The lowest BCUT2D eigenvalue weighted by atomic mass is 10.2. The number of alkyl carbamates (subject to hydrolysis) is 1. The molecule has 3 aromatic rings. The molecular weight excluding hydrogens is 372 g/mol. The van der Waals surface area contributed by atoms with Crippen LogP contribution in [0.15, 0.2) is 54.6 Å². The van der Waals surface area contributed by atoms with Crippen LogP contribution in [0.2, 0.25) is 5.02 Å². The highest BCUT2D eigenvalue weighted by Gasteiger charge is 2.16. The van der Waals surface area contributed by atoms with Gasteiger partial charge in [-0.15, -0.1) is 11.3 Å². The molecule has 0 atom stereocenters. The average Bonchev–Trinajstić information content (AvgIpc) is 3.01. The Morgan fingerprint density at radius 1 is 1.00 bits per heavy atom. The molecule has 7 heteroatoms. The van der Waals surface area contributed by atoms with Crippen LogP contribution in [0.3, 0.4) is 0 Å². The van der Waals surface area contributed by atoms with Gasteiger partial charge in [-0.05, 0) is 11.6 Å². The monoisotopic (exact) mass is 388 g/mol. The summed E-state index contributed by atoms with van der Waals surface area (Å²) < 4.78 is 6.00. The first-order valence-electron chi connectivity index (χ1n) is 8.05. The zero-order valence-electron chi connectivity index (χ0n) is 13.8. The summed E-state index contributed by atoms with van der Waals surface area (Å²) in [5.74, 6) is -0.274. The fourth-order valence-corrected chi connectivity index (χ4v) is 3.80. The molecule has 5 nitrogen and oxygen atoms in total. The number of thiophene rings is 1. The summed E-state index contributed by atoms with van der Waals surface area (Å²) in [7, 11) is 0. The number of carbonyl (C=O) groups is 2. The number of hydrogen-bond donors (Lipinski definition) is 2. The molecule has 134 valence electrons. The van der Waals surface area contributed by atoms with Gasteiger partial charge in [-0.3, -0.25) is 4.79 Å². The highest BCUT2D eigenvalue weighted by molar-refractivity contribution is 7.21. The molecule has 26 heavy (non-hydrogen) atoms. The Bertz CT molecular complexity index is 912. The SMILES string of the molecule is O=C(NCc1ccccc1)OCCNC(=O)c1sc2ccccc2c1Cl. The largest absolute Gasteiger partial charge is 0.448 e. The molecule has 3 rings (SSSR count). The third-order valence-corrected chi connectivity index (χ3v) is 5.32. The van der Waals surface area contributed by atoms with Crippen LogP contribution in [-0.2, 0) is 11.3 Å². The molecule has 0 aliphatic heterocycles. The van der Waals surface area contributed by atoms with E-state index in [1.807, 2.05) is 54.6 Å². The second-order valence-electron chi connectivity index (χ2n) is 5.47. The van der Waals surface area contributed by atoms with Gasteiger partial charge in [0.25, 0.3) is 5.91 Å². The Morgan fingerprint density at radius 3 is 2.50 bits per heavy atom. The predicted octanol–water partition coefficient (Wildman–Crippen LogP) is 4.21. The average molecular weight is 389 g/mol. The Morgan fingerprint density at radius 2 is 1.73 bits per heavy atom. The molecule has 0 fully saturated rings. The lowest BCUT2D eigenvalue weighted by Crippen LogP contribution is -2.30. The van der Waals surface area contributed by atoms with Gasteiger partial charge in [-0.25, -0.2) is 4.79 Å². The maximum atomic E-state index is 12.2. The van der Waals surface area contributed by atoms with Gasteiger partial charge in [0.05, 0.1) is 11.6 Å². The van der Waals surface area contributed by atoms with Gasteiger partial charge in [0.2, 0.25) is 0 Å². The Balaban J connectivity index is 1.42. The van der Waals surface area contributed by atoms with Crippen molar-refractivity contribution in [2.75, 3.05) is 13.2 Å². The molecule has 0 saturated carbocycles. The van der Waals surface area contributed by atoms with Crippen molar-refractivity contribution >= 4 is 45.0 Å². The molecular formula is C19H17ClN2O3S. The second-order valence-corrected chi connectivity index (χ2v) is 6.90. The first-order chi connectivity index (χ1) is 12.6. The van der Waals surface area contributed by atoms with Crippen LogP contribution in [0.4, 0.5) is 4.79 Å². The summed E-state index contributed by atoms with van der Waals surface area (Å²) in [6.45, 7) is 0.681. The van der Waals surface area contributed by atoms with Gasteiger partial charge in [0.1, 0.15) is 11.5 Å². The van der Waals surface area contributed by atoms with Crippen molar-refractivity contribution in [1.29, 1.82) is 0 Å². The molecule has 0 aliphatic rings. The Hall–Kier alpha value is -2.57. The predicted molar refractivity (Wildman–Crippen MR) is 104 cm³/mol. The van der Waals surface area contributed by atoms with Gasteiger partial charge >= 0.3 is 6.09 Å². The normalized spacial score (nSPS) is 10.5. The molecule has 1 aromatic heterocycles. The minimum atomic E-state index is -0.525.